The molecule has 1 saturated carbocycles. The molecule has 0 atom stereocenters. The van der Waals surface area contributed by atoms with E-state index in [0.717, 1.165) is 18.3 Å². The first-order valence-electron chi connectivity index (χ1n) is 6.51. The highest BCUT2D eigenvalue weighted by Gasteiger charge is 2.19. The number of aromatic nitrogens is 2. The van der Waals surface area contributed by atoms with Crippen LogP contribution in [0.1, 0.15) is 50.5 Å². The molecule has 3 heteroatoms. The van der Waals surface area contributed by atoms with Crippen LogP contribution in [0.25, 0.3) is 0 Å². The van der Waals surface area contributed by atoms with Crippen LogP contribution in [0.2, 0.25) is 0 Å². The Balaban J connectivity index is 1.71. The van der Waals surface area contributed by atoms with Gasteiger partial charge in [-0.3, -0.25) is 0 Å². The normalized spacial score (nSPS) is 25.9. The van der Waals surface area contributed by atoms with E-state index in [-0.39, 0.29) is 0 Å². The third-order valence-corrected chi connectivity index (χ3v) is 3.76. The van der Waals surface area contributed by atoms with E-state index in [9.17, 15) is 0 Å². The predicted molar refractivity (Wildman–Crippen MR) is 66.2 cm³/mol. The molecule has 2 rings (SSSR count). The topological polar surface area (TPSA) is 40.7 Å². The molecule has 1 fully saturated rings. The van der Waals surface area contributed by atoms with Crippen LogP contribution in [-0.2, 0) is 6.54 Å². The van der Waals surface area contributed by atoms with Gasteiger partial charge in [0.2, 0.25) is 0 Å². The highest BCUT2D eigenvalue weighted by atomic mass is 15.0. The summed E-state index contributed by atoms with van der Waals surface area (Å²) in [7, 11) is 0. The number of aryl methyl sites for hydroxylation is 1. The summed E-state index contributed by atoms with van der Waals surface area (Å²) in [5.74, 6) is 1.99. The number of nitrogens with one attached hydrogen (secondary N) is 2. The number of hydrogen-bond acceptors (Lipinski definition) is 2. The fourth-order valence-corrected chi connectivity index (χ4v) is 2.59. The van der Waals surface area contributed by atoms with Crippen molar-refractivity contribution in [2.45, 2.75) is 58.5 Å². The molecule has 16 heavy (non-hydrogen) atoms. The first-order valence-corrected chi connectivity index (χ1v) is 6.51. The van der Waals surface area contributed by atoms with Gasteiger partial charge in [-0.2, -0.15) is 0 Å². The van der Waals surface area contributed by atoms with Gasteiger partial charge >= 0.3 is 0 Å². The third-order valence-electron chi connectivity index (χ3n) is 3.76. The van der Waals surface area contributed by atoms with E-state index in [0.29, 0.717) is 6.04 Å². The summed E-state index contributed by atoms with van der Waals surface area (Å²) < 4.78 is 0. The van der Waals surface area contributed by atoms with Crippen molar-refractivity contribution < 1.29 is 0 Å². The van der Waals surface area contributed by atoms with Crippen LogP contribution < -0.4 is 5.32 Å². The first kappa shape index (κ1) is 11.6. The van der Waals surface area contributed by atoms with E-state index in [2.05, 4.69) is 22.2 Å². The lowest BCUT2D eigenvalue weighted by Crippen LogP contribution is -2.32. The maximum absolute atomic E-state index is 4.21. The number of nitrogens with zero attached hydrogens (tertiary/aromatic N) is 1. The monoisotopic (exact) mass is 221 g/mol. The van der Waals surface area contributed by atoms with Gasteiger partial charge in [-0.25, -0.2) is 4.98 Å². The molecule has 90 valence electrons. The smallest absolute Gasteiger partial charge is 0.103 e. The lowest BCUT2D eigenvalue weighted by Gasteiger charge is -2.28. The third kappa shape index (κ3) is 3.08. The van der Waals surface area contributed by atoms with Crippen molar-refractivity contribution in [1.82, 2.24) is 15.3 Å². The number of hydrogen-bond donors (Lipinski definition) is 2. The molecule has 0 bridgehead atoms. The molecule has 0 unspecified atom stereocenters. The van der Waals surface area contributed by atoms with Crippen molar-refractivity contribution in [3.8, 4) is 0 Å². The number of imidazole rings is 1. The Morgan fingerprint density at radius 1 is 1.38 bits per heavy atom. The Hall–Kier alpha value is -0.830. The second kappa shape index (κ2) is 5.48. The predicted octanol–water partition coefficient (Wildman–Crippen LogP) is 2.78. The van der Waals surface area contributed by atoms with Crippen molar-refractivity contribution in [2.75, 3.05) is 0 Å². The molecule has 0 aliphatic heterocycles. The number of rotatable bonds is 4. The van der Waals surface area contributed by atoms with Crippen molar-refractivity contribution >= 4 is 0 Å². The van der Waals surface area contributed by atoms with E-state index < -0.39 is 0 Å². The highest BCUT2D eigenvalue weighted by molar-refractivity contribution is 4.99. The van der Waals surface area contributed by atoms with Gasteiger partial charge in [-0.15, -0.1) is 0 Å². The summed E-state index contributed by atoms with van der Waals surface area (Å²) in [6.45, 7) is 5.24. The van der Waals surface area contributed by atoms with Crippen molar-refractivity contribution in [2.24, 2.45) is 5.92 Å². The van der Waals surface area contributed by atoms with Crippen molar-refractivity contribution in [1.29, 1.82) is 0 Å². The SMILES string of the molecule is CCC1CCC(NCc2cnc(C)[nH]2)CC1. The van der Waals surface area contributed by atoms with E-state index in [1.807, 2.05) is 13.1 Å². The van der Waals surface area contributed by atoms with E-state index in [1.54, 1.807) is 0 Å². The molecule has 0 saturated heterocycles. The molecule has 0 aromatic carbocycles. The minimum atomic E-state index is 0.714. The molecular weight excluding hydrogens is 198 g/mol. The first-order chi connectivity index (χ1) is 7.78. The summed E-state index contributed by atoms with van der Waals surface area (Å²) in [5, 5.41) is 3.62. The van der Waals surface area contributed by atoms with Crippen LogP contribution in [0, 0.1) is 12.8 Å². The minimum Gasteiger partial charge on any atom is -0.345 e. The van der Waals surface area contributed by atoms with Crippen molar-refractivity contribution in [3.05, 3.63) is 17.7 Å². The van der Waals surface area contributed by atoms with E-state index in [1.165, 1.54) is 37.8 Å². The number of aromatic amines is 1. The fraction of sp³-hybridized carbons (Fsp3) is 0.769. The van der Waals surface area contributed by atoms with E-state index in [4.69, 9.17) is 0 Å². The molecule has 1 heterocycles. The van der Waals surface area contributed by atoms with Gasteiger partial charge in [0, 0.05) is 24.5 Å². The summed E-state index contributed by atoms with van der Waals surface area (Å²) >= 11 is 0. The molecule has 0 amide bonds. The second-order valence-electron chi connectivity index (χ2n) is 5.00. The maximum Gasteiger partial charge on any atom is 0.103 e. The average Bonchev–Trinajstić information content (AvgIpc) is 2.73. The highest BCUT2D eigenvalue weighted by Crippen LogP contribution is 2.26. The quantitative estimate of drug-likeness (QED) is 0.820. The Bertz CT molecular complexity index is 311. The van der Waals surface area contributed by atoms with E-state index >= 15 is 0 Å². The Kier molecular flexibility index (Phi) is 3.99. The van der Waals surface area contributed by atoms with Crippen LogP contribution in [0.4, 0.5) is 0 Å². The summed E-state index contributed by atoms with van der Waals surface area (Å²) in [5.41, 5.74) is 1.20. The Labute approximate surface area is 98.1 Å². The molecule has 1 aromatic heterocycles. The molecule has 0 spiro atoms. The molecule has 0 radical (unpaired) electrons. The molecule has 1 aliphatic carbocycles. The average molecular weight is 221 g/mol. The second-order valence-corrected chi connectivity index (χ2v) is 5.00. The molecule has 2 N–H and O–H groups in total. The summed E-state index contributed by atoms with van der Waals surface area (Å²) in [4.78, 5) is 7.47. The standard InChI is InChI=1S/C13H23N3/c1-3-11-4-6-12(7-5-11)15-9-13-8-14-10(2)16-13/h8,11-12,15H,3-7,9H2,1-2H3,(H,14,16). The van der Waals surface area contributed by atoms with Crippen LogP contribution in [0.3, 0.4) is 0 Å². The summed E-state index contributed by atoms with van der Waals surface area (Å²) in [6.07, 6.45) is 8.76. The molecular formula is C13H23N3. The summed E-state index contributed by atoms with van der Waals surface area (Å²) in [6, 6.07) is 0.714. The molecule has 1 aromatic rings. The molecule has 1 aliphatic rings. The van der Waals surface area contributed by atoms with Gasteiger partial charge < -0.3 is 10.3 Å². The van der Waals surface area contributed by atoms with Gasteiger partial charge in [0.05, 0.1) is 0 Å². The number of H-pyrrole nitrogens is 1. The lowest BCUT2D eigenvalue weighted by molar-refractivity contribution is 0.285. The van der Waals surface area contributed by atoms with Gasteiger partial charge in [0.15, 0.2) is 0 Å². The zero-order chi connectivity index (χ0) is 11.4. The zero-order valence-electron chi connectivity index (χ0n) is 10.4. The van der Waals surface area contributed by atoms with Crippen molar-refractivity contribution in [3.63, 3.8) is 0 Å². The maximum atomic E-state index is 4.21. The van der Waals surface area contributed by atoms with Gasteiger partial charge in [-0.05, 0) is 38.5 Å². The largest absolute Gasteiger partial charge is 0.345 e. The molecule has 3 nitrogen and oxygen atoms in total. The van der Waals surface area contributed by atoms with Crippen LogP contribution in [-0.4, -0.2) is 16.0 Å². The van der Waals surface area contributed by atoms with Gasteiger partial charge in [0.25, 0.3) is 0 Å². The van der Waals surface area contributed by atoms with Crippen LogP contribution in [0.15, 0.2) is 6.20 Å². The van der Waals surface area contributed by atoms with Gasteiger partial charge in [0.1, 0.15) is 5.82 Å². The van der Waals surface area contributed by atoms with Gasteiger partial charge in [-0.1, -0.05) is 13.3 Å². The fourth-order valence-electron chi connectivity index (χ4n) is 2.59. The Morgan fingerprint density at radius 3 is 2.69 bits per heavy atom. The minimum absolute atomic E-state index is 0.714. The Morgan fingerprint density at radius 2 is 2.12 bits per heavy atom. The zero-order valence-corrected chi connectivity index (χ0v) is 10.4. The van der Waals surface area contributed by atoms with Crippen LogP contribution >= 0.6 is 0 Å². The van der Waals surface area contributed by atoms with Crippen LogP contribution in [0.5, 0.6) is 0 Å². The lowest BCUT2D eigenvalue weighted by atomic mass is 9.84.